The molecule has 0 unspecified atom stereocenters. The molecule has 1 heterocycles. The van der Waals surface area contributed by atoms with E-state index in [1.807, 2.05) is 18.2 Å². The number of benzene rings is 1. The van der Waals surface area contributed by atoms with Crippen molar-refractivity contribution in [1.82, 2.24) is 4.98 Å². The maximum absolute atomic E-state index is 11.6. The summed E-state index contributed by atoms with van der Waals surface area (Å²) < 4.78 is 0. The first kappa shape index (κ1) is 8.06. The third kappa shape index (κ3) is 0.946. The quantitative estimate of drug-likeness (QED) is 0.705. The molecule has 3 heteroatoms. The van der Waals surface area contributed by atoms with E-state index in [0.29, 0.717) is 11.4 Å². The zero-order chi connectivity index (χ0) is 9.71. The summed E-state index contributed by atoms with van der Waals surface area (Å²) in [6, 6.07) is 5.61. The smallest absolute Gasteiger partial charge is 0.165 e. The molecule has 2 nitrogen and oxygen atoms in total. The number of carbonyl (C=O) groups is 1. The first-order chi connectivity index (χ1) is 6.75. The Balaban J connectivity index is 2.43. The van der Waals surface area contributed by atoms with Crippen molar-refractivity contribution in [3.8, 4) is 0 Å². The highest BCUT2D eigenvalue weighted by atomic mass is 35.5. The van der Waals surface area contributed by atoms with Gasteiger partial charge in [0.15, 0.2) is 5.78 Å². The predicted molar refractivity (Wildman–Crippen MR) is 56.0 cm³/mol. The molecule has 0 amide bonds. The van der Waals surface area contributed by atoms with E-state index >= 15 is 0 Å². The lowest BCUT2D eigenvalue weighted by molar-refractivity contribution is 0.0996. The number of hydrogen-bond acceptors (Lipinski definition) is 1. The van der Waals surface area contributed by atoms with Crippen LogP contribution in [0.2, 0.25) is 5.02 Å². The van der Waals surface area contributed by atoms with E-state index in [2.05, 4.69) is 4.98 Å². The van der Waals surface area contributed by atoms with Gasteiger partial charge in [0, 0.05) is 33.6 Å². The zero-order valence-electron chi connectivity index (χ0n) is 7.43. The molecule has 1 aromatic heterocycles. The normalized spacial score (nSPS) is 15.1. The molecule has 1 aromatic carbocycles. The summed E-state index contributed by atoms with van der Waals surface area (Å²) in [5.74, 6) is 0.230. The second-order valence-electron chi connectivity index (χ2n) is 3.59. The Morgan fingerprint density at radius 3 is 3.00 bits per heavy atom. The van der Waals surface area contributed by atoms with Crippen molar-refractivity contribution in [3.63, 3.8) is 0 Å². The Morgan fingerprint density at radius 2 is 2.14 bits per heavy atom. The fourth-order valence-electron chi connectivity index (χ4n) is 2.09. The van der Waals surface area contributed by atoms with Crippen LogP contribution < -0.4 is 0 Å². The summed E-state index contributed by atoms with van der Waals surface area (Å²) in [6.45, 7) is 0. The molecule has 3 rings (SSSR count). The standard InChI is InChI=1S/C11H8ClNO/c12-6-1-2-8-7(5-6)11-9(13-8)3-4-10(11)14/h1-2,5,13H,3-4H2. The summed E-state index contributed by atoms with van der Waals surface area (Å²) in [4.78, 5) is 14.8. The van der Waals surface area contributed by atoms with E-state index in [0.717, 1.165) is 28.6 Å². The maximum Gasteiger partial charge on any atom is 0.165 e. The first-order valence-corrected chi connectivity index (χ1v) is 4.97. The van der Waals surface area contributed by atoms with Gasteiger partial charge in [0.1, 0.15) is 0 Å². The van der Waals surface area contributed by atoms with E-state index in [4.69, 9.17) is 11.6 Å². The fourth-order valence-corrected chi connectivity index (χ4v) is 2.26. The lowest BCUT2D eigenvalue weighted by Gasteiger charge is -1.93. The van der Waals surface area contributed by atoms with E-state index in [1.54, 1.807) is 0 Å². The van der Waals surface area contributed by atoms with Crippen molar-refractivity contribution in [3.05, 3.63) is 34.5 Å². The van der Waals surface area contributed by atoms with Gasteiger partial charge in [-0.2, -0.15) is 0 Å². The lowest BCUT2D eigenvalue weighted by atomic mass is 10.1. The van der Waals surface area contributed by atoms with Crippen molar-refractivity contribution in [1.29, 1.82) is 0 Å². The maximum atomic E-state index is 11.6. The molecule has 0 saturated carbocycles. The number of aryl methyl sites for hydroxylation is 1. The number of hydrogen-bond donors (Lipinski definition) is 1. The Kier molecular flexibility index (Phi) is 1.50. The summed E-state index contributed by atoms with van der Waals surface area (Å²) in [6.07, 6.45) is 1.46. The molecule has 0 atom stereocenters. The van der Waals surface area contributed by atoms with Crippen LogP contribution in [0, 0.1) is 0 Å². The average molecular weight is 206 g/mol. The van der Waals surface area contributed by atoms with E-state index < -0.39 is 0 Å². The van der Waals surface area contributed by atoms with Crippen LogP contribution in [0.15, 0.2) is 18.2 Å². The highest BCUT2D eigenvalue weighted by Crippen LogP contribution is 2.31. The molecule has 0 aliphatic heterocycles. The number of rotatable bonds is 0. The molecular weight excluding hydrogens is 198 g/mol. The first-order valence-electron chi connectivity index (χ1n) is 4.59. The van der Waals surface area contributed by atoms with Gasteiger partial charge >= 0.3 is 0 Å². The Bertz CT molecular complexity index is 541. The number of aromatic amines is 1. The summed E-state index contributed by atoms with van der Waals surface area (Å²) >= 11 is 5.90. The molecule has 0 saturated heterocycles. The predicted octanol–water partition coefficient (Wildman–Crippen LogP) is 2.95. The Morgan fingerprint density at radius 1 is 1.29 bits per heavy atom. The highest BCUT2D eigenvalue weighted by molar-refractivity contribution is 6.31. The van der Waals surface area contributed by atoms with Crippen molar-refractivity contribution >= 4 is 28.3 Å². The zero-order valence-corrected chi connectivity index (χ0v) is 8.19. The highest BCUT2D eigenvalue weighted by Gasteiger charge is 2.24. The number of aromatic nitrogens is 1. The minimum Gasteiger partial charge on any atom is -0.358 e. The molecule has 2 aromatic rings. The number of Topliss-reactive ketones (excluding diaryl/α,β-unsaturated/α-hetero) is 1. The number of H-pyrrole nitrogens is 1. The van der Waals surface area contributed by atoms with Crippen LogP contribution >= 0.6 is 11.6 Å². The van der Waals surface area contributed by atoms with Crippen molar-refractivity contribution in [2.45, 2.75) is 12.8 Å². The SMILES string of the molecule is O=C1CCc2[nH]c3ccc(Cl)cc3c21. The van der Waals surface area contributed by atoms with Crippen LogP contribution in [0.1, 0.15) is 22.5 Å². The summed E-state index contributed by atoms with van der Waals surface area (Å²) in [5.41, 5.74) is 2.92. The number of ketones is 1. The third-order valence-corrected chi connectivity index (χ3v) is 2.95. The van der Waals surface area contributed by atoms with Gasteiger partial charge in [-0.15, -0.1) is 0 Å². The summed E-state index contributed by atoms with van der Waals surface area (Å²) in [5, 5.41) is 1.65. The van der Waals surface area contributed by atoms with E-state index in [9.17, 15) is 4.79 Å². The number of fused-ring (bicyclic) bond motifs is 3. The summed E-state index contributed by atoms with van der Waals surface area (Å²) in [7, 11) is 0. The van der Waals surface area contributed by atoms with Crippen LogP contribution in [0.3, 0.4) is 0 Å². The van der Waals surface area contributed by atoms with Gasteiger partial charge in [-0.3, -0.25) is 4.79 Å². The molecule has 0 fully saturated rings. The Labute approximate surface area is 85.9 Å². The number of nitrogens with one attached hydrogen (secondary N) is 1. The minimum absolute atomic E-state index is 0.230. The van der Waals surface area contributed by atoms with Gasteiger partial charge < -0.3 is 4.98 Å². The van der Waals surface area contributed by atoms with Crippen molar-refractivity contribution < 1.29 is 4.79 Å². The Hall–Kier alpha value is -1.28. The molecule has 70 valence electrons. The van der Waals surface area contributed by atoms with Gasteiger partial charge in [-0.1, -0.05) is 11.6 Å². The van der Waals surface area contributed by atoms with Gasteiger partial charge in [0.25, 0.3) is 0 Å². The van der Waals surface area contributed by atoms with Crippen molar-refractivity contribution in [2.24, 2.45) is 0 Å². The minimum atomic E-state index is 0.230. The second kappa shape index (κ2) is 2.61. The van der Waals surface area contributed by atoms with E-state index in [-0.39, 0.29) is 5.78 Å². The van der Waals surface area contributed by atoms with Crippen LogP contribution in [0.4, 0.5) is 0 Å². The van der Waals surface area contributed by atoms with Gasteiger partial charge in [0.2, 0.25) is 0 Å². The van der Waals surface area contributed by atoms with Gasteiger partial charge in [-0.25, -0.2) is 0 Å². The van der Waals surface area contributed by atoms with Gasteiger partial charge in [0.05, 0.1) is 0 Å². The molecule has 0 spiro atoms. The molecule has 0 radical (unpaired) electrons. The van der Waals surface area contributed by atoms with E-state index in [1.165, 1.54) is 0 Å². The molecular formula is C11H8ClNO. The van der Waals surface area contributed by atoms with Gasteiger partial charge in [-0.05, 0) is 24.6 Å². The fraction of sp³-hybridized carbons (Fsp3) is 0.182. The third-order valence-electron chi connectivity index (χ3n) is 2.72. The number of carbonyl (C=O) groups excluding carboxylic acids is 1. The molecule has 1 N–H and O–H groups in total. The number of halogens is 1. The lowest BCUT2D eigenvalue weighted by Crippen LogP contribution is -1.89. The molecule has 14 heavy (non-hydrogen) atoms. The largest absolute Gasteiger partial charge is 0.358 e. The topological polar surface area (TPSA) is 32.9 Å². The van der Waals surface area contributed by atoms with Crippen LogP contribution in [-0.4, -0.2) is 10.8 Å². The second-order valence-corrected chi connectivity index (χ2v) is 4.03. The van der Waals surface area contributed by atoms with Crippen LogP contribution in [-0.2, 0) is 6.42 Å². The van der Waals surface area contributed by atoms with Crippen molar-refractivity contribution in [2.75, 3.05) is 0 Å². The average Bonchev–Trinajstić information content (AvgIpc) is 2.67. The van der Waals surface area contributed by atoms with Crippen LogP contribution in [0.25, 0.3) is 10.9 Å². The molecule has 0 bridgehead atoms. The molecule has 1 aliphatic carbocycles. The monoisotopic (exact) mass is 205 g/mol. The molecule has 1 aliphatic rings. The van der Waals surface area contributed by atoms with Crippen LogP contribution in [0.5, 0.6) is 0 Å².